The number of nitrogens with two attached hydrogens (primary N) is 1. The van der Waals surface area contributed by atoms with Crippen LogP contribution in [0.5, 0.6) is 0 Å². The van der Waals surface area contributed by atoms with Crippen LogP contribution in [0.4, 0.5) is 4.79 Å². The zero-order chi connectivity index (χ0) is 17.6. The molecular formula is C19H19N3O2S. The summed E-state index contributed by atoms with van der Waals surface area (Å²) in [5.41, 5.74) is 9.59. The SMILES string of the molecule is NC(=S)c1ccc2[nH]cc(CCNC(=O)OCc3ccccc3)c2c1. The van der Waals surface area contributed by atoms with Gasteiger partial charge in [-0.15, -0.1) is 0 Å². The molecular weight excluding hydrogens is 334 g/mol. The van der Waals surface area contributed by atoms with Crippen molar-refractivity contribution in [1.82, 2.24) is 10.3 Å². The second kappa shape index (κ2) is 7.81. The van der Waals surface area contributed by atoms with E-state index in [9.17, 15) is 4.79 Å². The lowest BCUT2D eigenvalue weighted by Crippen LogP contribution is -2.26. The molecule has 1 heterocycles. The zero-order valence-electron chi connectivity index (χ0n) is 13.6. The minimum atomic E-state index is -0.424. The maximum absolute atomic E-state index is 11.8. The summed E-state index contributed by atoms with van der Waals surface area (Å²) in [7, 11) is 0. The van der Waals surface area contributed by atoms with Crippen LogP contribution in [0.25, 0.3) is 10.9 Å². The van der Waals surface area contributed by atoms with Crippen LogP contribution in [0.1, 0.15) is 16.7 Å². The normalized spacial score (nSPS) is 10.6. The fraction of sp³-hybridized carbons (Fsp3) is 0.158. The van der Waals surface area contributed by atoms with Crippen LogP contribution < -0.4 is 11.1 Å². The number of thiocarbonyl (C=S) groups is 1. The Morgan fingerprint density at radius 2 is 2.00 bits per heavy atom. The first-order valence-corrected chi connectivity index (χ1v) is 8.38. The third kappa shape index (κ3) is 4.36. The van der Waals surface area contributed by atoms with Crippen molar-refractivity contribution in [2.24, 2.45) is 5.73 Å². The molecule has 2 aromatic carbocycles. The highest BCUT2D eigenvalue weighted by Gasteiger charge is 2.07. The molecule has 25 heavy (non-hydrogen) atoms. The molecule has 4 N–H and O–H groups in total. The van der Waals surface area contributed by atoms with Gasteiger partial charge in [-0.05, 0) is 35.7 Å². The number of aromatic amines is 1. The number of benzene rings is 2. The van der Waals surface area contributed by atoms with Crippen molar-refractivity contribution in [3.63, 3.8) is 0 Å². The molecule has 3 rings (SSSR count). The van der Waals surface area contributed by atoms with E-state index in [1.165, 1.54) is 0 Å². The summed E-state index contributed by atoms with van der Waals surface area (Å²) in [6.45, 7) is 0.745. The maximum atomic E-state index is 11.8. The van der Waals surface area contributed by atoms with E-state index in [2.05, 4.69) is 10.3 Å². The standard InChI is InChI=1S/C19H19N3O2S/c20-18(25)14-6-7-17-16(10-14)15(11-22-17)8-9-21-19(23)24-12-13-4-2-1-3-5-13/h1-7,10-11,22H,8-9,12H2,(H2,20,25)(H,21,23). The summed E-state index contributed by atoms with van der Waals surface area (Å²) >= 11 is 5.03. The fourth-order valence-electron chi connectivity index (χ4n) is 2.61. The number of carbonyl (C=O) groups is 1. The van der Waals surface area contributed by atoms with E-state index in [1.807, 2.05) is 54.7 Å². The first-order valence-electron chi connectivity index (χ1n) is 7.98. The Balaban J connectivity index is 1.53. The number of ether oxygens (including phenoxy) is 1. The number of aromatic nitrogens is 1. The molecule has 0 saturated carbocycles. The van der Waals surface area contributed by atoms with Crippen molar-refractivity contribution in [3.05, 3.63) is 71.4 Å². The van der Waals surface area contributed by atoms with E-state index in [0.717, 1.165) is 27.6 Å². The Labute approximate surface area is 151 Å². The van der Waals surface area contributed by atoms with Crippen LogP contribution in [-0.2, 0) is 17.8 Å². The highest BCUT2D eigenvalue weighted by atomic mass is 32.1. The first kappa shape index (κ1) is 17.0. The molecule has 0 bridgehead atoms. The van der Waals surface area contributed by atoms with Gasteiger partial charge in [0, 0.05) is 29.2 Å². The van der Waals surface area contributed by atoms with Crippen molar-refractivity contribution in [2.45, 2.75) is 13.0 Å². The largest absolute Gasteiger partial charge is 0.445 e. The smallest absolute Gasteiger partial charge is 0.407 e. The molecule has 0 radical (unpaired) electrons. The first-order chi connectivity index (χ1) is 12.1. The third-order valence-electron chi connectivity index (χ3n) is 3.93. The Morgan fingerprint density at radius 3 is 2.76 bits per heavy atom. The molecule has 0 spiro atoms. The Morgan fingerprint density at radius 1 is 1.20 bits per heavy atom. The summed E-state index contributed by atoms with van der Waals surface area (Å²) in [6.07, 6.45) is 2.19. The predicted molar refractivity (Wildman–Crippen MR) is 103 cm³/mol. The number of alkyl carbamates (subject to hydrolysis) is 1. The summed E-state index contributed by atoms with van der Waals surface area (Å²) in [6, 6.07) is 15.4. The van der Waals surface area contributed by atoms with Crippen molar-refractivity contribution in [3.8, 4) is 0 Å². The molecule has 0 aliphatic heterocycles. The molecule has 1 amide bonds. The molecule has 3 aromatic rings. The molecule has 0 aliphatic carbocycles. The number of fused-ring (bicyclic) bond motifs is 1. The molecule has 0 saturated heterocycles. The van der Waals surface area contributed by atoms with Crippen LogP contribution in [-0.4, -0.2) is 22.6 Å². The van der Waals surface area contributed by atoms with Crippen LogP contribution in [0, 0.1) is 0 Å². The summed E-state index contributed by atoms with van der Waals surface area (Å²) in [5, 5.41) is 3.83. The lowest BCUT2D eigenvalue weighted by Gasteiger charge is -2.07. The van der Waals surface area contributed by atoms with Gasteiger partial charge < -0.3 is 20.8 Å². The van der Waals surface area contributed by atoms with E-state index < -0.39 is 6.09 Å². The van der Waals surface area contributed by atoms with Gasteiger partial charge in [0.25, 0.3) is 0 Å². The van der Waals surface area contributed by atoms with Gasteiger partial charge in [0.15, 0.2) is 0 Å². The van der Waals surface area contributed by atoms with Gasteiger partial charge in [0.1, 0.15) is 11.6 Å². The molecule has 6 heteroatoms. The van der Waals surface area contributed by atoms with Crippen molar-refractivity contribution >= 4 is 34.2 Å². The highest BCUT2D eigenvalue weighted by Crippen LogP contribution is 2.20. The number of carbonyl (C=O) groups excluding carboxylic acids is 1. The average molecular weight is 353 g/mol. The zero-order valence-corrected chi connectivity index (χ0v) is 14.4. The van der Waals surface area contributed by atoms with E-state index in [4.69, 9.17) is 22.7 Å². The molecule has 5 nitrogen and oxygen atoms in total. The van der Waals surface area contributed by atoms with Gasteiger partial charge >= 0.3 is 6.09 Å². The monoisotopic (exact) mass is 353 g/mol. The van der Waals surface area contributed by atoms with E-state index >= 15 is 0 Å². The van der Waals surface area contributed by atoms with Gasteiger partial charge in [-0.3, -0.25) is 0 Å². The molecule has 0 fully saturated rings. The Hall–Kier alpha value is -2.86. The minimum Gasteiger partial charge on any atom is -0.445 e. The van der Waals surface area contributed by atoms with Crippen molar-refractivity contribution < 1.29 is 9.53 Å². The van der Waals surface area contributed by atoms with E-state index in [1.54, 1.807) is 0 Å². The van der Waals surface area contributed by atoms with Crippen LogP contribution in [0.15, 0.2) is 54.7 Å². The molecule has 1 aromatic heterocycles. The van der Waals surface area contributed by atoms with Gasteiger partial charge in [-0.25, -0.2) is 4.79 Å². The predicted octanol–water partition coefficient (Wildman–Crippen LogP) is 3.27. The Bertz CT molecular complexity index is 890. The number of rotatable bonds is 6. The Kier molecular flexibility index (Phi) is 5.30. The second-order valence-corrected chi connectivity index (χ2v) is 6.12. The number of amides is 1. The van der Waals surface area contributed by atoms with Gasteiger partial charge in [-0.1, -0.05) is 42.5 Å². The van der Waals surface area contributed by atoms with Crippen LogP contribution >= 0.6 is 12.2 Å². The number of nitrogens with one attached hydrogen (secondary N) is 2. The lowest BCUT2D eigenvalue weighted by atomic mass is 10.1. The molecule has 0 unspecified atom stereocenters. The van der Waals surface area contributed by atoms with Gasteiger partial charge in [0.05, 0.1) is 0 Å². The highest BCUT2D eigenvalue weighted by molar-refractivity contribution is 7.80. The fourth-order valence-corrected chi connectivity index (χ4v) is 2.74. The molecule has 0 aliphatic rings. The number of hydrogen-bond donors (Lipinski definition) is 3. The van der Waals surface area contributed by atoms with E-state index in [0.29, 0.717) is 18.0 Å². The second-order valence-electron chi connectivity index (χ2n) is 5.68. The quantitative estimate of drug-likeness (QED) is 0.594. The van der Waals surface area contributed by atoms with E-state index in [-0.39, 0.29) is 6.61 Å². The van der Waals surface area contributed by atoms with Crippen molar-refractivity contribution in [1.29, 1.82) is 0 Å². The van der Waals surface area contributed by atoms with Crippen LogP contribution in [0.2, 0.25) is 0 Å². The van der Waals surface area contributed by atoms with Crippen LogP contribution in [0.3, 0.4) is 0 Å². The van der Waals surface area contributed by atoms with Crippen molar-refractivity contribution in [2.75, 3.05) is 6.54 Å². The number of hydrogen-bond acceptors (Lipinski definition) is 3. The summed E-state index contributed by atoms with van der Waals surface area (Å²) < 4.78 is 5.19. The molecule has 0 atom stereocenters. The maximum Gasteiger partial charge on any atom is 0.407 e. The summed E-state index contributed by atoms with van der Waals surface area (Å²) in [4.78, 5) is 15.4. The number of H-pyrrole nitrogens is 1. The average Bonchev–Trinajstić information content (AvgIpc) is 3.03. The lowest BCUT2D eigenvalue weighted by molar-refractivity contribution is 0.140. The minimum absolute atomic E-state index is 0.261. The molecule has 128 valence electrons. The van der Waals surface area contributed by atoms with Gasteiger partial charge in [0.2, 0.25) is 0 Å². The topological polar surface area (TPSA) is 80.1 Å². The van der Waals surface area contributed by atoms with Gasteiger partial charge in [-0.2, -0.15) is 0 Å². The third-order valence-corrected chi connectivity index (χ3v) is 4.16. The summed E-state index contributed by atoms with van der Waals surface area (Å²) in [5.74, 6) is 0.